The lowest BCUT2D eigenvalue weighted by molar-refractivity contribution is -0.245. The van der Waals surface area contributed by atoms with E-state index >= 15 is 0 Å². The van der Waals surface area contributed by atoms with E-state index in [1.54, 1.807) is 47.1 Å². The Balaban J connectivity index is 1.10. The molecule has 2 aliphatic heterocycles. The van der Waals surface area contributed by atoms with Crippen molar-refractivity contribution >= 4 is 35.3 Å². The molecule has 0 radical (unpaired) electrons. The lowest BCUT2D eigenvalue weighted by Crippen LogP contribution is -2.31. The first-order valence-electron chi connectivity index (χ1n) is 14.9. The van der Waals surface area contributed by atoms with Crippen molar-refractivity contribution in [1.29, 1.82) is 0 Å². The van der Waals surface area contributed by atoms with Crippen LogP contribution >= 0.6 is 11.8 Å². The maximum Gasteiger partial charge on any atom is 0.346 e. The summed E-state index contributed by atoms with van der Waals surface area (Å²) >= 11 is 1.42. The van der Waals surface area contributed by atoms with Gasteiger partial charge in [-0.2, -0.15) is 4.68 Å². The molecular weight excluding hydrogens is 638 g/mol. The number of anilines is 1. The zero-order valence-electron chi connectivity index (χ0n) is 25.1. The summed E-state index contributed by atoms with van der Waals surface area (Å²) in [5.74, 6) is -1.38. The number of aliphatic hydroxyl groups excluding tert-OH is 1. The summed E-state index contributed by atoms with van der Waals surface area (Å²) in [7, 11) is 0. The number of nitrogens with one attached hydrogen (secondary N) is 1. The Kier molecular flexibility index (Phi) is 8.69. The Bertz CT molecular complexity index is 2000. The number of carbonyl (C=O) groups is 3. The molecule has 13 nitrogen and oxygen atoms in total. The van der Waals surface area contributed by atoms with E-state index in [-0.39, 0.29) is 41.3 Å². The minimum atomic E-state index is -0.794. The molecule has 2 aliphatic rings. The van der Waals surface area contributed by atoms with Crippen molar-refractivity contribution in [2.75, 3.05) is 11.1 Å². The molecule has 0 bridgehead atoms. The molecule has 1 amide bonds. The number of esters is 2. The molecule has 1 fully saturated rings. The van der Waals surface area contributed by atoms with Crippen molar-refractivity contribution in [2.45, 2.75) is 36.7 Å². The summed E-state index contributed by atoms with van der Waals surface area (Å²) in [4.78, 5) is 36.9. The predicted molar refractivity (Wildman–Crippen MR) is 171 cm³/mol. The molecule has 3 N–H and O–H groups in total. The highest BCUT2D eigenvalue weighted by Crippen LogP contribution is 2.40. The number of phenols is 1. The average molecular weight is 666 g/mol. The molecule has 1 aromatic heterocycles. The molecule has 0 aliphatic carbocycles. The normalized spacial score (nSPS) is 18.7. The van der Waals surface area contributed by atoms with Crippen molar-refractivity contribution in [2.24, 2.45) is 0 Å². The number of aliphatic hydroxyl groups is 1. The van der Waals surface area contributed by atoms with Crippen molar-refractivity contribution in [1.82, 2.24) is 20.2 Å². The van der Waals surface area contributed by atoms with E-state index in [1.165, 1.54) is 30.0 Å². The number of rotatable bonds is 9. The molecule has 4 aromatic carbocycles. The SMILES string of the molecule is O=C(Nc1cccc(C2OC(CSc3nnnn3-c3ccc(O)cc3)CC(c3ccc(CO)cc3)O2)c1)c1ccc2c(c1)C(=O)OC2=O. The van der Waals surface area contributed by atoms with Crippen LogP contribution in [0.1, 0.15) is 66.6 Å². The monoisotopic (exact) mass is 665 g/mol. The van der Waals surface area contributed by atoms with Gasteiger partial charge < -0.3 is 29.7 Å². The van der Waals surface area contributed by atoms with Gasteiger partial charge in [0.05, 0.1) is 35.6 Å². The molecule has 3 heterocycles. The quantitative estimate of drug-likeness (QED) is 0.112. The van der Waals surface area contributed by atoms with Gasteiger partial charge in [-0.05, 0) is 76.2 Å². The third-order valence-corrected chi connectivity index (χ3v) is 8.92. The van der Waals surface area contributed by atoms with Crippen LogP contribution in [0, 0.1) is 0 Å². The third-order valence-electron chi connectivity index (χ3n) is 7.87. The Morgan fingerprint density at radius 2 is 1.71 bits per heavy atom. The number of carbonyl (C=O) groups excluding carboxylic acids is 3. The van der Waals surface area contributed by atoms with Crippen molar-refractivity contribution in [3.8, 4) is 11.4 Å². The largest absolute Gasteiger partial charge is 0.508 e. The van der Waals surface area contributed by atoms with Crippen LogP contribution in [-0.2, 0) is 20.8 Å². The van der Waals surface area contributed by atoms with E-state index in [2.05, 4.69) is 25.6 Å². The van der Waals surface area contributed by atoms with Gasteiger partial charge in [0.1, 0.15) is 5.75 Å². The number of hydrogen-bond donors (Lipinski definition) is 3. The number of aromatic hydroxyl groups is 1. The van der Waals surface area contributed by atoms with E-state index in [0.29, 0.717) is 34.3 Å². The Labute approximate surface area is 277 Å². The molecule has 1 saturated heterocycles. The molecule has 5 aromatic rings. The minimum Gasteiger partial charge on any atom is -0.508 e. The van der Waals surface area contributed by atoms with Gasteiger partial charge in [-0.15, -0.1) is 5.10 Å². The van der Waals surface area contributed by atoms with E-state index < -0.39 is 24.1 Å². The molecule has 14 heteroatoms. The Hall–Kier alpha value is -5.41. The lowest BCUT2D eigenvalue weighted by atomic mass is 10.0. The second-order valence-corrected chi connectivity index (χ2v) is 12.1. The summed E-state index contributed by atoms with van der Waals surface area (Å²) in [5, 5.41) is 34.7. The van der Waals surface area contributed by atoms with Gasteiger partial charge >= 0.3 is 11.9 Å². The Morgan fingerprint density at radius 3 is 2.50 bits per heavy atom. The molecule has 48 heavy (non-hydrogen) atoms. The Morgan fingerprint density at radius 1 is 0.917 bits per heavy atom. The maximum atomic E-state index is 13.1. The fourth-order valence-corrected chi connectivity index (χ4v) is 6.32. The predicted octanol–water partition coefficient (Wildman–Crippen LogP) is 4.76. The number of cyclic esters (lactones) is 2. The molecular formula is C34H27N5O8S. The van der Waals surface area contributed by atoms with Crippen LogP contribution < -0.4 is 5.32 Å². The average Bonchev–Trinajstić information content (AvgIpc) is 3.70. The second-order valence-electron chi connectivity index (χ2n) is 11.1. The highest BCUT2D eigenvalue weighted by atomic mass is 32.2. The summed E-state index contributed by atoms with van der Waals surface area (Å²) in [5.41, 5.74) is 3.89. The van der Waals surface area contributed by atoms with Crippen LogP contribution in [0.25, 0.3) is 5.69 Å². The number of nitrogens with zero attached hydrogens (tertiary/aromatic N) is 4. The van der Waals surface area contributed by atoms with E-state index in [0.717, 1.165) is 11.1 Å². The number of thioether (sulfide) groups is 1. The van der Waals surface area contributed by atoms with Crippen LogP contribution in [0.3, 0.4) is 0 Å². The van der Waals surface area contributed by atoms with Gasteiger partial charge in [0, 0.05) is 29.0 Å². The molecule has 0 saturated carbocycles. The smallest absolute Gasteiger partial charge is 0.346 e. The summed E-state index contributed by atoms with van der Waals surface area (Å²) < 4.78 is 19.1. The number of hydrogen-bond acceptors (Lipinski definition) is 12. The van der Waals surface area contributed by atoms with Gasteiger partial charge in [0.15, 0.2) is 6.29 Å². The summed E-state index contributed by atoms with van der Waals surface area (Å²) in [6, 6.07) is 25.4. The topological polar surface area (TPSA) is 175 Å². The first-order valence-corrected chi connectivity index (χ1v) is 15.9. The molecule has 7 rings (SSSR count). The van der Waals surface area contributed by atoms with Gasteiger partial charge in [0.2, 0.25) is 5.16 Å². The fourth-order valence-electron chi connectivity index (χ4n) is 5.41. The molecule has 242 valence electrons. The van der Waals surface area contributed by atoms with Crippen LogP contribution in [0.4, 0.5) is 5.69 Å². The standard InChI is InChI=1S/C34H27N5O8S/c40-17-19-4-6-20(7-5-19)29-16-26(18-48-34-36-37-38-39(34)24-9-11-25(41)12-10-24)45-33(46-29)22-2-1-3-23(14-22)35-30(42)21-8-13-27-28(15-21)32(44)47-31(27)43/h1-15,26,29,33,40-41H,16-18H2,(H,35,42). The fraction of sp³-hybridized carbons (Fsp3) is 0.176. The van der Waals surface area contributed by atoms with Crippen molar-refractivity contribution < 1.29 is 38.8 Å². The molecule has 3 atom stereocenters. The van der Waals surface area contributed by atoms with Crippen molar-refractivity contribution in [3.63, 3.8) is 0 Å². The number of tetrazole rings is 1. The zero-order valence-corrected chi connectivity index (χ0v) is 25.9. The lowest BCUT2D eigenvalue weighted by Gasteiger charge is -2.36. The van der Waals surface area contributed by atoms with Crippen LogP contribution in [0.2, 0.25) is 0 Å². The number of aromatic nitrogens is 4. The van der Waals surface area contributed by atoms with Crippen molar-refractivity contribution in [3.05, 3.63) is 124 Å². The van der Waals surface area contributed by atoms with E-state index in [4.69, 9.17) is 9.47 Å². The number of ether oxygens (including phenoxy) is 3. The van der Waals surface area contributed by atoms with Crippen LogP contribution in [0.5, 0.6) is 5.75 Å². The van der Waals surface area contributed by atoms with E-state index in [1.807, 2.05) is 30.3 Å². The maximum absolute atomic E-state index is 13.1. The zero-order chi connectivity index (χ0) is 33.2. The first-order chi connectivity index (χ1) is 23.3. The molecule has 0 spiro atoms. The second kappa shape index (κ2) is 13.4. The van der Waals surface area contributed by atoms with E-state index in [9.17, 15) is 24.6 Å². The van der Waals surface area contributed by atoms with Gasteiger partial charge in [-0.25, -0.2) is 9.59 Å². The highest BCUT2D eigenvalue weighted by molar-refractivity contribution is 7.99. The third kappa shape index (κ3) is 6.55. The number of fused-ring (bicyclic) bond motifs is 1. The summed E-state index contributed by atoms with van der Waals surface area (Å²) in [6.07, 6.45) is -0.907. The number of benzene rings is 4. The number of phenolic OH excluding ortho intramolecular Hbond substituents is 1. The van der Waals surface area contributed by atoms with Gasteiger partial charge in [0.25, 0.3) is 5.91 Å². The van der Waals surface area contributed by atoms with Gasteiger partial charge in [-0.3, -0.25) is 4.79 Å². The van der Waals surface area contributed by atoms with Gasteiger partial charge in [-0.1, -0.05) is 48.2 Å². The highest BCUT2D eigenvalue weighted by Gasteiger charge is 2.33. The van der Waals surface area contributed by atoms with Crippen LogP contribution in [-0.4, -0.2) is 60.1 Å². The number of amides is 1. The minimum absolute atomic E-state index is 0.0458. The summed E-state index contributed by atoms with van der Waals surface area (Å²) in [6.45, 7) is -0.0707. The molecule has 3 unspecified atom stereocenters. The van der Waals surface area contributed by atoms with Crippen LogP contribution in [0.15, 0.2) is 96.2 Å². The first kappa shape index (κ1) is 31.2.